The van der Waals surface area contributed by atoms with Crippen LogP contribution in [0.5, 0.6) is 11.5 Å². The van der Waals surface area contributed by atoms with Gasteiger partial charge >= 0.3 is 0 Å². The fraction of sp³-hybridized carbons (Fsp3) is 0.450. The number of thiophene rings is 1. The van der Waals surface area contributed by atoms with Crippen LogP contribution in [0, 0.1) is 5.82 Å². The fourth-order valence-corrected chi connectivity index (χ4v) is 5.15. The summed E-state index contributed by atoms with van der Waals surface area (Å²) in [7, 11) is 0. The van der Waals surface area contributed by atoms with E-state index in [1.54, 1.807) is 0 Å². The monoisotopic (exact) mass is 440 g/mol. The number of aliphatic hydroxyl groups excluding tert-OH is 1. The molecular formula is C20H22ClFN2O4S. The Bertz CT molecular complexity index is 902. The van der Waals surface area contributed by atoms with E-state index < -0.39 is 12.0 Å². The van der Waals surface area contributed by atoms with Crippen molar-refractivity contribution in [3.8, 4) is 11.5 Å². The van der Waals surface area contributed by atoms with E-state index in [1.165, 1.54) is 23.5 Å². The minimum Gasteiger partial charge on any atom is -0.493 e. The molecule has 1 aromatic carbocycles. The zero-order valence-corrected chi connectivity index (χ0v) is 17.4. The number of carbonyl (C=O) groups excluding carboxylic acids is 1. The van der Waals surface area contributed by atoms with Gasteiger partial charge in [-0.25, -0.2) is 4.39 Å². The largest absolute Gasteiger partial charge is 0.493 e. The van der Waals surface area contributed by atoms with Gasteiger partial charge in [0.2, 0.25) is 0 Å². The number of halogens is 2. The molecule has 1 aromatic heterocycles. The number of nitrogens with one attached hydrogen (secondary N) is 2. The Hall–Kier alpha value is -1.87. The lowest BCUT2D eigenvalue weighted by molar-refractivity contribution is -0.151. The SMILES string of the molecule is CCOc1ccsc1C(O)NC12CC(NC(=O)COc3ccc(Cl)c(F)c3)(C1)C2. The van der Waals surface area contributed by atoms with Gasteiger partial charge in [0, 0.05) is 17.1 Å². The lowest BCUT2D eigenvalue weighted by atomic mass is 9.44. The predicted molar refractivity (Wildman–Crippen MR) is 108 cm³/mol. The van der Waals surface area contributed by atoms with Gasteiger partial charge in [0.25, 0.3) is 5.91 Å². The van der Waals surface area contributed by atoms with Crippen molar-refractivity contribution in [3.05, 3.63) is 45.4 Å². The van der Waals surface area contributed by atoms with E-state index in [4.69, 9.17) is 21.1 Å². The molecule has 29 heavy (non-hydrogen) atoms. The summed E-state index contributed by atoms with van der Waals surface area (Å²) in [5.41, 5.74) is -0.420. The third-order valence-electron chi connectivity index (χ3n) is 5.34. The second-order valence-electron chi connectivity index (χ2n) is 7.63. The van der Waals surface area contributed by atoms with E-state index in [0.29, 0.717) is 12.4 Å². The summed E-state index contributed by atoms with van der Waals surface area (Å²) in [4.78, 5) is 13.0. The fourth-order valence-electron chi connectivity index (χ4n) is 4.26. The van der Waals surface area contributed by atoms with Crippen molar-refractivity contribution in [2.24, 2.45) is 0 Å². The molecule has 1 atom stereocenters. The molecule has 6 nitrogen and oxygen atoms in total. The number of carbonyl (C=O) groups is 1. The first-order chi connectivity index (χ1) is 13.8. The van der Waals surface area contributed by atoms with Gasteiger partial charge in [-0.15, -0.1) is 11.3 Å². The highest BCUT2D eigenvalue weighted by Gasteiger charge is 2.69. The van der Waals surface area contributed by atoms with Crippen molar-refractivity contribution < 1.29 is 23.8 Å². The molecule has 1 heterocycles. The Morgan fingerprint density at radius 1 is 1.31 bits per heavy atom. The normalized spacial score (nSPS) is 25.5. The standard InChI is InChI=1S/C20H22ClFN2O4S/c1-2-27-15-5-6-29-17(15)18(26)24-20-9-19(10-20,11-20)23-16(25)8-28-12-3-4-13(21)14(22)7-12/h3-7,18,24,26H,2,8-11H2,1H3,(H,23,25). The molecule has 0 radical (unpaired) electrons. The molecule has 156 valence electrons. The number of amides is 1. The molecule has 3 N–H and O–H groups in total. The maximum absolute atomic E-state index is 13.4. The second-order valence-corrected chi connectivity index (χ2v) is 8.99. The third kappa shape index (κ3) is 4.07. The molecule has 0 spiro atoms. The quantitative estimate of drug-likeness (QED) is 0.521. The van der Waals surface area contributed by atoms with Crippen LogP contribution in [0.15, 0.2) is 29.6 Å². The smallest absolute Gasteiger partial charge is 0.258 e. The number of hydrogen-bond donors (Lipinski definition) is 3. The number of ether oxygens (including phenoxy) is 2. The molecule has 0 aliphatic heterocycles. The Morgan fingerprint density at radius 3 is 2.76 bits per heavy atom. The molecule has 2 bridgehead atoms. The average Bonchev–Trinajstić information content (AvgIpc) is 3.08. The summed E-state index contributed by atoms with van der Waals surface area (Å²) in [6.45, 7) is 2.25. The van der Waals surface area contributed by atoms with Gasteiger partial charge in [-0.05, 0) is 49.8 Å². The lowest BCUT2D eigenvalue weighted by Gasteiger charge is -2.71. The van der Waals surface area contributed by atoms with Gasteiger partial charge < -0.3 is 19.9 Å². The molecule has 0 saturated heterocycles. The van der Waals surface area contributed by atoms with Crippen LogP contribution in [0.4, 0.5) is 4.39 Å². The lowest BCUT2D eigenvalue weighted by Crippen LogP contribution is -2.83. The van der Waals surface area contributed by atoms with Gasteiger partial charge in [-0.2, -0.15) is 0 Å². The molecule has 3 fully saturated rings. The van der Waals surface area contributed by atoms with E-state index >= 15 is 0 Å². The highest BCUT2D eigenvalue weighted by atomic mass is 35.5. The van der Waals surface area contributed by atoms with Crippen molar-refractivity contribution in [2.75, 3.05) is 13.2 Å². The van der Waals surface area contributed by atoms with Crippen LogP contribution < -0.4 is 20.1 Å². The summed E-state index contributed by atoms with van der Waals surface area (Å²) < 4.78 is 24.3. The van der Waals surface area contributed by atoms with Crippen molar-refractivity contribution in [2.45, 2.75) is 43.5 Å². The van der Waals surface area contributed by atoms with Crippen molar-refractivity contribution >= 4 is 28.8 Å². The minimum atomic E-state index is -0.798. The maximum atomic E-state index is 13.4. The van der Waals surface area contributed by atoms with Crippen molar-refractivity contribution in [1.29, 1.82) is 0 Å². The first kappa shape index (κ1) is 20.4. The molecule has 2 aromatic rings. The molecule has 3 aliphatic carbocycles. The first-order valence-electron chi connectivity index (χ1n) is 9.39. The maximum Gasteiger partial charge on any atom is 0.258 e. The molecule has 5 rings (SSSR count). The summed E-state index contributed by atoms with van der Waals surface area (Å²) in [6, 6.07) is 5.90. The summed E-state index contributed by atoms with van der Waals surface area (Å²) >= 11 is 7.08. The van der Waals surface area contributed by atoms with Crippen molar-refractivity contribution in [3.63, 3.8) is 0 Å². The summed E-state index contributed by atoms with van der Waals surface area (Å²) in [5.74, 6) is 0.102. The number of hydrogen-bond acceptors (Lipinski definition) is 6. The van der Waals surface area contributed by atoms with Gasteiger partial charge in [0.1, 0.15) is 23.5 Å². The van der Waals surface area contributed by atoms with Gasteiger partial charge in [0.05, 0.1) is 16.5 Å². The number of rotatable bonds is 9. The Labute approximate surface area is 177 Å². The second kappa shape index (κ2) is 7.75. The zero-order valence-electron chi connectivity index (χ0n) is 15.8. The highest BCUT2D eigenvalue weighted by Crippen LogP contribution is 2.61. The Balaban J connectivity index is 1.24. The van der Waals surface area contributed by atoms with Gasteiger partial charge in [-0.3, -0.25) is 10.1 Å². The predicted octanol–water partition coefficient (Wildman–Crippen LogP) is 3.39. The van der Waals surface area contributed by atoms with Crippen LogP contribution in [-0.4, -0.2) is 35.3 Å². The molecule has 3 aliphatic rings. The molecule has 3 saturated carbocycles. The van der Waals surface area contributed by atoms with Gasteiger partial charge in [-0.1, -0.05) is 11.6 Å². The van der Waals surface area contributed by atoms with Crippen LogP contribution >= 0.6 is 22.9 Å². The Morgan fingerprint density at radius 2 is 2.07 bits per heavy atom. The number of benzene rings is 1. The first-order valence-corrected chi connectivity index (χ1v) is 10.6. The van der Waals surface area contributed by atoms with Crippen LogP contribution in [0.2, 0.25) is 5.02 Å². The summed E-state index contributed by atoms with van der Waals surface area (Å²) in [6.07, 6.45) is 1.43. The zero-order chi connectivity index (χ0) is 20.6. The van der Waals surface area contributed by atoms with E-state index in [2.05, 4.69) is 10.6 Å². The van der Waals surface area contributed by atoms with Crippen LogP contribution in [0.1, 0.15) is 37.3 Å². The van der Waals surface area contributed by atoms with Gasteiger partial charge in [0.15, 0.2) is 6.61 Å². The van der Waals surface area contributed by atoms with E-state index in [9.17, 15) is 14.3 Å². The van der Waals surface area contributed by atoms with E-state index in [1.807, 2.05) is 18.4 Å². The third-order valence-corrected chi connectivity index (χ3v) is 6.60. The Kier molecular flexibility index (Phi) is 5.46. The van der Waals surface area contributed by atoms with Crippen LogP contribution in [0.25, 0.3) is 0 Å². The topological polar surface area (TPSA) is 79.8 Å². The highest BCUT2D eigenvalue weighted by molar-refractivity contribution is 7.10. The molecule has 1 unspecified atom stereocenters. The minimum absolute atomic E-state index is 0.00609. The van der Waals surface area contributed by atoms with Crippen LogP contribution in [0.3, 0.4) is 0 Å². The molecule has 9 heteroatoms. The number of aliphatic hydroxyl groups is 1. The van der Waals surface area contributed by atoms with Crippen LogP contribution in [-0.2, 0) is 4.79 Å². The van der Waals surface area contributed by atoms with E-state index in [-0.39, 0.29) is 34.4 Å². The van der Waals surface area contributed by atoms with E-state index in [0.717, 1.165) is 30.2 Å². The molecule has 1 amide bonds. The summed E-state index contributed by atoms with van der Waals surface area (Å²) in [5, 5.41) is 18.7. The molecular weight excluding hydrogens is 419 g/mol. The average molecular weight is 441 g/mol. The van der Waals surface area contributed by atoms with Crippen molar-refractivity contribution in [1.82, 2.24) is 10.6 Å².